The number of rotatable bonds is 5. The summed E-state index contributed by atoms with van der Waals surface area (Å²) in [6.07, 6.45) is 0. The normalized spacial score (nSPS) is 20.6. The van der Waals surface area contributed by atoms with Crippen LogP contribution in [0.3, 0.4) is 0 Å². The molecule has 4 aromatic rings. The van der Waals surface area contributed by atoms with Gasteiger partial charge in [0.1, 0.15) is 17.6 Å². The number of hydrogen-bond donors (Lipinski definition) is 1. The van der Waals surface area contributed by atoms with Crippen LogP contribution in [0.15, 0.2) is 82.6 Å². The maximum Gasteiger partial charge on any atom is 0.305 e. The highest BCUT2D eigenvalue weighted by Crippen LogP contribution is 2.53. The molecule has 2 amide bonds. The van der Waals surface area contributed by atoms with E-state index >= 15 is 0 Å². The maximum atomic E-state index is 13.8. The van der Waals surface area contributed by atoms with Crippen LogP contribution in [-0.2, 0) is 16.2 Å². The molecule has 0 bridgehead atoms. The van der Waals surface area contributed by atoms with Crippen molar-refractivity contribution in [2.75, 3.05) is 4.90 Å². The van der Waals surface area contributed by atoms with Crippen LogP contribution in [0.25, 0.3) is 0 Å². The summed E-state index contributed by atoms with van der Waals surface area (Å²) in [5.74, 6) is -0.865. The highest BCUT2D eigenvalue weighted by Gasteiger charge is 2.56. The highest BCUT2D eigenvalue weighted by molar-refractivity contribution is 8.00. The average Bonchev–Trinajstić information content (AvgIpc) is 3.38. The van der Waals surface area contributed by atoms with Gasteiger partial charge in [0.05, 0.1) is 16.6 Å². The topological polar surface area (TPSA) is 79.5 Å². The molecule has 0 aliphatic carbocycles. The Balaban J connectivity index is 1.32. The first kappa shape index (κ1) is 24.0. The lowest BCUT2D eigenvalue weighted by molar-refractivity contribution is -0.122. The molecule has 3 unspecified atom stereocenters. The highest BCUT2D eigenvalue weighted by atomic mass is 35.5. The van der Waals surface area contributed by atoms with E-state index in [4.69, 9.17) is 16.3 Å². The molecule has 186 valence electrons. The summed E-state index contributed by atoms with van der Waals surface area (Å²) in [6, 6.07) is 22.4. The predicted molar refractivity (Wildman–Crippen MR) is 146 cm³/mol. The lowest BCUT2D eigenvalue weighted by Crippen LogP contribution is -2.32. The minimum Gasteiger partial charge on any atom is -0.489 e. The molecule has 9 heteroatoms. The van der Waals surface area contributed by atoms with Crippen LogP contribution >= 0.6 is 34.7 Å². The molecule has 0 saturated carbocycles. The number of thiazole rings is 1. The Bertz CT molecular complexity index is 1560. The van der Waals surface area contributed by atoms with Crippen molar-refractivity contribution in [3.63, 3.8) is 0 Å². The molecule has 1 saturated heterocycles. The molecule has 1 N–H and O–H groups in total. The summed E-state index contributed by atoms with van der Waals surface area (Å²) < 4.78 is 5.93. The number of H-pyrrole nitrogens is 1. The molecule has 2 aliphatic heterocycles. The fourth-order valence-corrected chi connectivity index (χ4v) is 7.62. The number of ether oxygens (including phenoxy) is 1. The number of nitrogens with zero attached hydrogens (tertiary/aromatic N) is 1. The number of carbonyl (C=O) groups is 2. The van der Waals surface area contributed by atoms with E-state index in [1.54, 1.807) is 12.1 Å². The maximum absolute atomic E-state index is 13.8. The third-order valence-electron chi connectivity index (χ3n) is 6.65. The predicted octanol–water partition coefficient (Wildman–Crippen LogP) is 5.77. The molecule has 2 aliphatic rings. The van der Waals surface area contributed by atoms with Crippen LogP contribution in [0.1, 0.15) is 27.5 Å². The second kappa shape index (κ2) is 9.52. The molecule has 6 nitrogen and oxygen atoms in total. The smallest absolute Gasteiger partial charge is 0.305 e. The number of aryl methyl sites for hydroxylation is 1. The van der Waals surface area contributed by atoms with Crippen LogP contribution in [0.5, 0.6) is 5.75 Å². The lowest BCUT2D eigenvalue weighted by Gasteiger charge is -2.29. The zero-order valence-corrected chi connectivity index (χ0v) is 22.0. The number of nitrogens with one attached hydrogen (secondary N) is 1. The van der Waals surface area contributed by atoms with E-state index in [0.29, 0.717) is 28.1 Å². The van der Waals surface area contributed by atoms with Gasteiger partial charge < -0.3 is 9.72 Å². The quantitative estimate of drug-likeness (QED) is 0.320. The number of amides is 2. The largest absolute Gasteiger partial charge is 0.489 e. The minimum absolute atomic E-state index is 0.195. The number of fused-ring (bicyclic) bond motifs is 2. The Hall–Kier alpha value is -3.33. The monoisotopic (exact) mass is 548 g/mol. The van der Waals surface area contributed by atoms with Crippen LogP contribution < -0.4 is 14.5 Å². The summed E-state index contributed by atoms with van der Waals surface area (Å²) in [7, 11) is 0. The average molecular weight is 549 g/mol. The fourth-order valence-electron chi connectivity index (χ4n) is 4.89. The molecule has 37 heavy (non-hydrogen) atoms. The van der Waals surface area contributed by atoms with E-state index < -0.39 is 17.1 Å². The van der Waals surface area contributed by atoms with E-state index in [2.05, 4.69) is 4.98 Å². The van der Waals surface area contributed by atoms with Crippen molar-refractivity contribution in [1.29, 1.82) is 0 Å². The van der Waals surface area contributed by atoms with Crippen molar-refractivity contribution in [3.8, 4) is 5.75 Å². The Morgan fingerprint density at radius 1 is 0.973 bits per heavy atom. The van der Waals surface area contributed by atoms with Gasteiger partial charge in [-0.2, -0.15) is 0 Å². The Kier molecular flexibility index (Phi) is 6.18. The van der Waals surface area contributed by atoms with Gasteiger partial charge in [-0.15, -0.1) is 0 Å². The molecule has 1 aromatic heterocycles. The number of halogens is 1. The molecule has 0 spiro atoms. The van der Waals surface area contributed by atoms with Gasteiger partial charge in [0.2, 0.25) is 11.8 Å². The summed E-state index contributed by atoms with van der Waals surface area (Å²) in [5, 5.41) is 0.697. The standard InChI is InChI=1S/C28H21ClN2O4S2/c1-15-5-9-19(10-6-15)31-26(32)22-21(23-25(30-28(34)37-23)36-24(22)27(31)33)17-7-11-20(12-8-17)35-14-16-3-2-4-18(29)13-16/h2-13,21-22,24H,14H2,1H3,(H,30,34). The number of aromatic amines is 1. The van der Waals surface area contributed by atoms with Crippen molar-refractivity contribution >= 4 is 52.2 Å². The number of hydrogen-bond acceptors (Lipinski definition) is 6. The zero-order valence-electron chi connectivity index (χ0n) is 19.6. The van der Waals surface area contributed by atoms with Gasteiger partial charge in [0, 0.05) is 15.8 Å². The minimum atomic E-state index is -0.615. The fraction of sp³-hybridized carbons (Fsp3) is 0.179. The van der Waals surface area contributed by atoms with Crippen molar-refractivity contribution in [3.05, 3.63) is 109 Å². The van der Waals surface area contributed by atoms with Crippen LogP contribution in [0, 0.1) is 12.8 Å². The number of carbonyl (C=O) groups excluding carboxylic acids is 2. The first-order valence-corrected chi connectivity index (χ1v) is 13.8. The van der Waals surface area contributed by atoms with Crippen LogP contribution in [0.4, 0.5) is 5.69 Å². The van der Waals surface area contributed by atoms with Crippen molar-refractivity contribution in [2.24, 2.45) is 5.92 Å². The number of aromatic nitrogens is 1. The van der Waals surface area contributed by atoms with Gasteiger partial charge >= 0.3 is 4.87 Å². The van der Waals surface area contributed by atoms with Crippen LogP contribution in [-0.4, -0.2) is 22.0 Å². The molecule has 6 rings (SSSR count). The third kappa shape index (κ3) is 4.39. The van der Waals surface area contributed by atoms with Gasteiger partial charge in [-0.3, -0.25) is 14.4 Å². The molecule has 0 radical (unpaired) electrons. The summed E-state index contributed by atoms with van der Waals surface area (Å²) in [4.78, 5) is 44.3. The Labute approximate surface area is 226 Å². The van der Waals surface area contributed by atoms with Gasteiger partial charge in [-0.05, 0) is 54.4 Å². The first-order chi connectivity index (χ1) is 17.9. The zero-order chi connectivity index (χ0) is 25.7. The molecule has 3 aromatic carbocycles. The molecular formula is C28H21ClN2O4S2. The van der Waals surface area contributed by atoms with Crippen LogP contribution in [0.2, 0.25) is 5.02 Å². The first-order valence-electron chi connectivity index (χ1n) is 11.7. The van der Waals surface area contributed by atoms with E-state index in [0.717, 1.165) is 32.9 Å². The third-order valence-corrected chi connectivity index (χ3v) is 9.29. The van der Waals surface area contributed by atoms with Crippen molar-refractivity contribution in [2.45, 2.75) is 29.7 Å². The number of imide groups is 1. The Morgan fingerprint density at radius 2 is 1.73 bits per heavy atom. The number of anilines is 1. The van der Waals surface area contributed by atoms with Crippen molar-refractivity contribution < 1.29 is 14.3 Å². The van der Waals surface area contributed by atoms with Gasteiger partial charge in [-0.25, -0.2) is 4.90 Å². The lowest BCUT2D eigenvalue weighted by atomic mass is 9.83. The van der Waals surface area contributed by atoms with Gasteiger partial charge in [-0.1, -0.05) is 76.7 Å². The van der Waals surface area contributed by atoms with Gasteiger partial charge in [0.25, 0.3) is 0 Å². The van der Waals surface area contributed by atoms with E-state index in [1.165, 1.54) is 16.7 Å². The van der Waals surface area contributed by atoms with Gasteiger partial charge in [0.15, 0.2) is 0 Å². The Morgan fingerprint density at radius 3 is 2.46 bits per heavy atom. The second-order valence-corrected chi connectivity index (χ2v) is 11.7. The van der Waals surface area contributed by atoms with E-state index in [9.17, 15) is 14.4 Å². The molecular weight excluding hydrogens is 528 g/mol. The second-order valence-electron chi connectivity index (χ2n) is 9.08. The molecule has 1 fully saturated rings. The molecule has 3 atom stereocenters. The summed E-state index contributed by atoms with van der Waals surface area (Å²) in [5.41, 5.74) is 3.42. The SMILES string of the molecule is Cc1ccc(N2C(=O)C3Sc4[nH]c(=O)sc4C(c4ccc(OCc5cccc(Cl)c5)cc4)C3C2=O)cc1. The summed E-state index contributed by atoms with van der Waals surface area (Å²) in [6.45, 7) is 2.33. The summed E-state index contributed by atoms with van der Waals surface area (Å²) >= 11 is 8.44. The van der Waals surface area contributed by atoms with Crippen molar-refractivity contribution in [1.82, 2.24) is 4.98 Å². The number of thioether (sulfide) groups is 1. The number of benzene rings is 3. The van der Waals surface area contributed by atoms with E-state index in [1.807, 2.05) is 67.6 Å². The molecule has 3 heterocycles. The van der Waals surface area contributed by atoms with E-state index in [-0.39, 0.29) is 16.7 Å².